The second-order valence-corrected chi connectivity index (χ2v) is 4.93. The molecule has 0 bridgehead atoms. The Balaban J connectivity index is 2.33. The van der Waals surface area contributed by atoms with Crippen molar-refractivity contribution in [2.45, 2.75) is 19.7 Å². The van der Waals surface area contributed by atoms with E-state index in [2.05, 4.69) is 4.98 Å². The summed E-state index contributed by atoms with van der Waals surface area (Å²) in [5, 5.41) is 2.92. The van der Waals surface area contributed by atoms with Gasteiger partial charge in [0.1, 0.15) is 5.01 Å². The highest BCUT2D eigenvalue weighted by Gasteiger charge is 2.10. The smallest absolute Gasteiger partial charge is 0.161 e. The fourth-order valence-corrected chi connectivity index (χ4v) is 2.73. The van der Waals surface area contributed by atoms with Gasteiger partial charge in [0.2, 0.25) is 0 Å². The minimum atomic E-state index is 0.436. The van der Waals surface area contributed by atoms with Crippen molar-refractivity contribution in [3.05, 3.63) is 29.3 Å². The molecule has 0 aliphatic heterocycles. The summed E-state index contributed by atoms with van der Waals surface area (Å²) in [6, 6.07) is 5.88. The molecule has 2 rings (SSSR count). The molecule has 0 spiro atoms. The maximum atomic E-state index is 5.77. The Morgan fingerprint density at radius 3 is 2.53 bits per heavy atom. The number of nitrogens with zero attached hydrogens (tertiary/aromatic N) is 1. The maximum absolute atomic E-state index is 5.77. The summed E-state index contributed by atoms with van der Waals surface area (Å²) in [6.07, 6.45) is 0. The summed E-state index contributed by atoms with van der Waals surface area (Å²) >= 11 is 7.36. The van der Waals surface area contributed by atoms with Gasteiger partial charge >= 0.3 is 0 Å². The number of ether oxygens (including phenoxy) is 2. The molecule has 0 fully saturated rings. The number of alkyl halides is 1. The molecule has 0 amide bonds. The molecule has 1 aromatic carbocycles. The van der Waals surface area contributed by atoms with E-state index < -0.39 is 0 Å². The molecule has 0 saturated carbocycles. The van der Waals surface area contributed by atoms with Crippen LogP contribution in [0, 0.1) is 0 Å². The van der Waals surface area contributed by atoms with E-state index in [9.17, 15) is 0 Å². The molecule has 2 aromatic rings. The van der Waals surface area contributed by atoms with E-state index in [1.54, 1.807) is 11.3 Å². The Kier molecular flexibility index (Phi) is 5.05. The second kappa shape index (κ2) is 6.78. The summed E-state index contributed by atoms with van der Waals surface area (Å²) in [7, 11) is 0. The van der Waals surface area contributed by atoms with E-state index >= 15 is 0 Å². The minimum absolute atomic E-state index is 0.436. The van der Waals surface area contributed by atoms with E-state index in [0.29, 0.717) is 19.1 Å². The fourth-order valence-electron chi connectivity index (χ4n) is 1.69. The molecular weight excluding hydrogens is 282 g/mol. The zero-order chi connectivity index (χ0) is 13.7. The van der Waals surface area contributed by atoms with Crippen molar-refractivity contribution in [2.24, 2.45) is 0 Å². The summed E-state index contributed by atoms with van der Waals surface area (Å²) in [5.74, 6) is 1.96. The van der Waals surface area contributed by atoms with E-state index in [4.69, 9.17) is 21.1 Å². The predicted molar refractivity (Wildman–Crippen MR) is 79.4 cm³/mol. The second-order valence-electron chi connectivity index (χ2n) is 3.81. The molecule has 1 heterocycles. The van der Waals surface area contributed by atoms with Crippen LogP contribution < -0.4 is 9.47 Å². The lowest BCUT2D eigenvalue weighted by Crippen LogP contribution is -1.98. The maximum Gasteiger partial charge on any atom is 0.161 e. The van der Waals surface area contributed by atoms with Gasteiger partial charge < -0.3 is 9.47 Å². The highest BCUT2D eigenvalue weighted by atomic mass is 35.5. The molecule has 19 heavy (non-hydrogen) atoms. The molecule has 1 aromatic heterocycles. The van der Waals surface area contributed by atoms with Gasteiger partial charge in [-0.3, -0.25) is 0 Å². The van der Waals surface area contributed by atoms with Crippen LogP contribution in [0.25, 0.3) is 10.6 Å². The molecule has 3 nitrogen and oxygen atoms in total. The number of halogens is 1. The highest BCUT2D eigenvalue weighted by molar-refractivity contribution is 7.13. The van der Waals surface area contributed by atoms with Gasteiger partial charge in [-0.1, -0.05) is 0 Å². The van der Waals surface area contributed by atoms with Crippen LogP contribution >= 0.6 is 22.9 Å². The standard InChI is InChI=1S/C14H16ClNO2S/c1-3-17-12-6-5-10(7-13(12)18-4-2)14-16-11(8-15)9-19-14/h5-7,9H,3-4,8H2,1-2H3. The first-order valence-corrected chi connectivity index (χ1v) is 7.60. The quantitative estimate of drug-likeness (QED) is 0.743. The molecular formula is C14H16ClNO2S. The van der Waals surface area contributed by atoms with Crippen molar-refractivity contribution in [1.29, 1.82) is 0 Å². The Labute approximate surface area is 122 Å². The molecule has 0 saturated heterocycles. The van der Waals surface area contributed by atoms with Crippen molar-refractivity contribution >= 4 is 22.9 Å². The van der Waals surface area contributed by atoms with Crippen LogP contribution in [-0.2, 0) is 5.88 Å². The Morgan fingerprint density at radius 1 is 1.16 bits per heavy atom. The lowest BCUT2D eigenvalue weighted by molar-refractivity contribution is 0.288. The van der Waals surface area contributed by atoms with E-state index in [1.165, 1.54) is 0 Å². The third-order valence-corrected chi connectivity index (χ3v) is 3.69. The molecule has 0 unspecified atom stereocenters. The first kappa shape index (κ1) is 14.2. The van der Waals surface area contributed by atoms with Crippen LogP contribution in [0.1, 0.15) is 19.5 Å². The van der Waals surface area contributed by atoms with Gasteiger partial charge in [0.25, 0.3) is 0 Å². The van der Waals surface area contributed by atoms with E-state index in [-0.39, 0.29) is 0 Å². The average Bonchev–Trinajstić information content (AvgIpc) is 2.90. The number of thiazole rings is 1. The monoisotopic (exact) mass is 297 g/mol. The van der Waals surface area contributed by atoms with Crippen molar-refractivity contribution < 1.29 is 9.47 Å². The van der Waals surface area contributed by atoms with Gasteiger partial charge in [0.05, 0.1) is 24.8 Å². The highest BCUT2D eigenvalue weighted by Crippen LogP contribution is 2.34. The fraction of sp³-hybridized carbons (Fsp3) is 0.357. The Morgan fingerprint density at radius 2 is 1.89 bits per heavy atom. The summed E-state index contributed by atoms with van der Waals surface area (Å²) in [6.45, 7) is 5.13. The van der Waals surface area contributed by atoms with Crippen molar-refractivity contribution in [3.63, 3.8) is 0 Å². The predicted octanol–water partition coefficient (Wildman–Crippen LogP) is 4.35. The lowest BCUT2D eigenvalue weighted by Gasteiger charge is -2.11. The topological polar surface area (TPSA) is 31.4 Å². The number of hydrogen-bond acceptors (Lipinski definition) is 4. The minimum Gasteiger partial charge on any atom is -0.490 e. The average molecular weight is 298 g/mol. The number of rotatable bonds is 6. The zero-order valence-corrected chi connectivity index (χ0v) is 12.6. The normalized spacial score (nSPS) is 10.5. The van der Waals surface area contributed by atoms with Crippen LogP contribution in [-0.4, -0.2) is 18.2 Å². The van der Waals surface area contributed by atoms with Gasteiger partial charge in [0, 0.05) is 10.9 Å². The molecule has 0 radical (unpaired) electrons. The van der Waals surface area contributed by atoms with Crippen LogP contribution in [0.4, 0.5) is 0 Å². The van der Waals surface area contributed by atoms with Crippen molar-refractivity contribution in [3.8, 4) is 22.1 Å². The Bertz CT molecular complexity index is 542. The first-order valence-electron chi connectivity index (χ1n) is 6.18. The van der Waals surface area contributed by atoms with E-state index in [0.717, 1.165) is 27.8 Å². The van der Waals surface area contributed by atoms with Gasteiger partial charge in [-0.15, -0.1) is 22.9 Å². The van der Waals surface area contributed by atoms with Crippen LogP contribution in [0.2, 0.25) is 0 Å². The summed E-state index contributed by atoms with van der Waals surface area (Å²) in [4.78, 5) is 4.47. The SMILES string of the molecule is CCOc1ccc(-c2nc(CCl)cs2)cc1OCC. The molecule has 5 heteroatoms. The summed E-state index contributed by atoms with van der Waals surface area (Å²) < 4.78 is 11.2. The zero-order valence-electron chi connectivity index (χ0n) is 11.0. The van der Waals surface area contributed by atoms with Gasteiger partial charge in [-0.2, -0.15) is 0 Å². The molecule has 0 atom stereocenters. The van der Waals surface area contributed by atoms with Gasteiger partial charge in [0.15, 0.2) is 11.5 Å². The van der Waals surface area contributed by atoms with Gasteiger partial charge in [-0.05, 0) is 32.0 Å². The van der Waals surface area contributed by atoms with Gasteiger partial charge in [-0.25, -0.2) is 4.98 Å². The van der Waals surface area contributed by atoms with E-state index in [1.807, 2.05) is 37.4 Å². The third kappa shape index (κ3) is 3.39. The van der Waals surface area contributed by atoms with Crippen LogP contribution in [0.5, 0.6) is 11.5 Å². The van der Waals surface area contributed by atoms with Crippen molar-refractivity contribution in [2.75, 3.05) is 13.2 Å². The number of hydrogen-bond donors (Lipinski definition) is 0. The molecule has 0 N–H and O–H groups in total. The molecule has 102 valence electrons. The van der Waals surface area contributed by atoms with Crippen LogP contribution in [0.15, 0.2) is 23.6 Å². The number of benzene rings is 1. The van der Waals surface area contributed by atoms with Crippen LogP contribution in [0.3, 0.4) is 0 Å². The number of aromatic nitrogens is 1. The third-order valence-electron chi connectivity index (χ3n) is 2.48. The lowest BCUT2D eigenvalue weighted by atomic mass is 10.2. The Hall–Kier alpha value is -1.26. The van der Waals surface area contributed by atoms with Crippen molar-refractivity contribution in [1.82, 2.24) is 4.98 Å². The molecule has 0 aliphatic rings. The largest absolute Gasteiger partial charge is 0.490 e. The molecule has 0 aliphatic carbocycles. The first-order chi connectivity index (χ1) is 9.28. The summed E-state index contributed by atoms with van der Waals surface area (Å²) in [5.41, 5.74) is 1.92.